The van der Waals surface area contributed by atoms with Crippen LogP contribution in [0.4, 0.5) is 20.2 Å². The standard InChI is InChI=1S/C9H9ClF2N2O4S/c10-2-1-3-19(17,18)13-8-5-9(14(15)16)7(12)4-6(8)11/h4-5,13H,1-3H2. The highest BCUT2D eigenvalue weighted by molar-refractivity contribution is 7.92. The Hall–Kier alpha value is -1.48. The number of sulfonamides is 1. The Balaban J connectivity index is 3.08. The van der Waals surface area contributed by atoms with Crippen molar-refractivity contribution in [1.29, 1.82) is 0 Å². The number of benzene rings is 1. The molecule has 0 amide bonds. The zero-order valence-electron chi connectivity index (χ0n) is 9.40. The third kappa shape index (κ3) is 4.28. The van der Waals surface area contributed by atoms with Gasteiger partial charge >= 0.3 is 5.69 Å². The van der Waals surface area contributed by atoms with Gasteiger partial charge in [-0.3, -0.25) is 14.8 Å². The number of anilines is 1. The van der Waals surface area contributed by atoms with Crippen molar-refractivity contribution < 1.29 is 22.1 Å². The largest absolute Gasteiger partial charge is 0.307 e. The predicted molar refractivity (Wildman–Crippen MR) is 65.8 cm³/mol. The Kier molecular flexibility index (Phi) is 5.01. The molecule has 1 aromatic rings. The van der Waals surface area contributed by atoms with Crippen LogP contribution in [0.15, 0.2) is 12.1 Å². The van der Waals surface area contributed by atoms with E-state index >= 15 is 0 Å². The first-order valence-electron chi connectivity index (χ1n) is 4.96. The number of rotatable bonds is 6. The van der Waals surface area contributed by atoms with Crippen LogP contribution in [0.2, 0.25) is 0 Å². The number of nitro benzene ring substituents is 1. The number of nitrogens with zero attached hydrogens (tertiary/aromatic N) is 1. The summed E-state index contributed by atoms with van der Waals surface area (Å²) in [4.78, 5) is 9.39. The Morgan fingerprint density at radius 3 is 2.47 bits per heavy atom. The summed E-state index contributed by atoms with van der Waals surface area (Å²) in [5.74, 6) is -2.91. The monoisotopic (exact) mass is 314 g/mol. The van der Waals surface area contributed by atoms with Crippen LogP contribution in [0.5, 0.6) is 0 Å². The average Bonchev–Trinajstić information content (AvgIpc) is 2.29. The third-order valence-electron chi connectivity index (χ3n) is 2.05. The lowest BCUT2D eigenvalue weighted by Gasteiger charge is -2.08. The zero-order valence-corrected chi connectivity index (χ0v) is 11.0. The van der Waals surface area contributed by atoms with Crippen molar-refractivity contribution >= 4 is 33.0 Å². The molecule has 0 radical (unpaired) electrons. The van der Waals surface area contributed by atoms with Crippen LogP contribution in [-0.2, 0) is 10.0 Å². The quantitative estimate of drug-likeness (QED) is 0.495. The molecule has 10 heteroatoms. The topological polar surface area (TPSA) is 89.3 Å². The van der Waals surface area contributed by atoms with Crippen LogP contribution < -0.4 is 4.72 Å². The first-order valence-corrected chi connectivity index (χ1v) is 7.15. The first-order chi connectivity index (χ1) is 8.76. The number of halogens is 3. The second kappa shape index (κ2) is 6.11. The third-order valence-corrected chi connectivity index (χ3v) is 3.67. The molecule has 0 aromatic heterocycles. The highest BCUT2D eigenvalue weighted by atomic mass is 35.5. The van der Waals surface area contributed by atoms with Crippen molar-refractivity contribution in [3.8, 4) is 0 Å². The van der Waals surface area contributed by atoms with Crippen LogP contribution in [0.25, 0.3) is 0 Å². The second-order valence-corrected chi connectivity index (χ2v) is 5.72. The molecule has 1 N–H and O–H groups in total. The number of hydrogen-bond donors (Lipinski definition) is 1. The summed E-state index contributed by atoms with van der Waals surface area (Å²) in [6.07, 6.45) is 0.127. The van der Waals surface area contributed by atoms with Gasteiger partial charge < -0.3 is 0 Å². The van der Waals surface area contributed by atoms with Crippen molar-refractivity contribution in [2.24, 2.45) is 0 Å². The summed E-state index contributed by atoms with van der Waals surface area (Å²) in [6.45, 7) is 0. The van der Waals surface area contributed by atoms with E-state index < -0.39 is 38.0 Å². The lowest BCUT2D eigenvalue weighted by atomic mass is 10.2. The number of hydrogen-bond acceptors (Lipinski definition) is 4. The van der Waals surface area contributed by atoms with Crippen molar-refractivity contribution in [2.45, 2.75) is 6.42 Å². The summed E-state index contributed by atoms with van der Waals surface area (Å²) >= 11 is 5.32. The van der Waals surface area contributed by atoms with Gasteiger partial charge in [0.05, 0.1) is 16.4 Å². The van der Waals surface area contributed by atoms with E-state index in [0.29, 0.717) is 6.07 Å². The van der Waals surface area contributed by atoms with Crippen LogP contribution in [0.3, 0.4) is 0 Å². The van der Waals surface area contributed by atoms with E-state index in [1.165, 1.54) is 0 Å². The Morgan fingerprint density at radius 2 is 1.95 bits per heavy atom. The molecule has 0 spiro atoms. The molecule has 0 heterocycles. The van der Waals surface area contributed by atoms with Crippen molar-refractivity contribution in [3.05, 3.63) is 33.9 Å². The lowest BCUT2D eigenvalue weighted by Crippen LogP contribution is -2.18. The fourth-order valence-corrected chi connectivity index (χ4v) is 2.63. The van der Waals surface area contributed by atoms with E-state index in [-0.39, 0.29) is 24.1 Å². The van der Waals surface area contributed by atoms with Crippen LogP contribution in [-0.4, -0.2) is 25.0 Å². The molecule has 0 saturated heterocycles. The van der Waals surface area contributed by atoms with Gasteiger partial charge in [0.15, 0.2) is 5.82 Å². The Labute approximate surface area is 112 Å². The lowest BCUT2D eigenvalue weighted by molar-refractivity contribution is -0.387. The van der Waals surface area contributed by atoms with Gasteiger partial charge in [0.1, 0.15) is 0 Å². The van der Waals surface area contributed by atoms with Crippen LogP contribution in [0.1, 0.15) is 6.42 Å². The molecule has 1 rings (SSSR count). The average molecular weight is 315 g/mol. The minimum atomic E-state index is -3.89. The van der Waals surface area contributed by atoms with E-state index in [4.69, 9.17) is 11.6 Å². The second-order valence-electron chi connectivity index (χ2n) is 3.50. The molecule has 0 aliphatic carbocycles. The highest BCUT2D eigenvalue weighted by Crippen LogP contribution is 2.25. The van der Waals surface area contributed by atoms with Gasteiger partial charge in [0.2, 0.25) is 15.8 Å². The molecule has 0 aliphatic heterocycles. The summed E-state index contributed by atoms with van der Waals surface area (Å²) in [5.41, 5.74) is -1.70. The smallest absolute Gasteiger partial charge is 0.280 e. The van der Waals surface area contributed by atoms with E-state index in [9.17, 15) is 27.3 Å². The summed E-state index contributed by atoms with van der Waals surface area (Å²) in [6, 6.07) is 0.737. The summed E-state index contributed by atoms with van der Waals surface area (Å²) in [7, 11) is -3.89. The molecule has 1 aromatic carbocycles. The molecular formula is C9H9ClF2N2O4S. The molecule has 0 aliphatic rings. The van der Waals surface area contributed by atoms with E-state index in [0.717, 1.165) is 0 Å². The first kappa shape index (κ1) is 15.6. The molecule has 0 saturated carbocycles. The predicted octanol–water partition coefficient (Wildman–Crippen LogP) is 2.24. The van der Waals surface area contributed by atoms with Gasteiger partial charge in [-0.25, -0.2) is 12.8 Å². The summed E-state index contributed by atoms with van der Waals surface area (Å²) in [5, 5.41) is 10.5. The van der Waals surface area contributed by atoms with Gasteiger partial charge in [0, 0.05) is 18.0 Å². The van der Waals surface area contributed by atoms with Crippen LogP contribution >= 0.6 is 11.6 Å². The molecule has 0 atom stereocenters. The number of nitrogens with one attached hydrogen (secondary N) is 1. The molecule has 106 valence electrons. The SMILES string of the molecule is O=[N+]([O-])c1cc(NS(=O)(=O)CCCCl)c(F)cc1F. The molecule has 6 nitrogen and oxygen atoms in total. The minimum absolute atomic E-state index is 0.0902. The molecule has 0 fully saturated rings. The zero-order chi connectivity index (χ0) is 14.6. The van der Waals surface area contributed by atoms with Gasteiger partial charge in [-0.05, 0) is 6.42 Å². The highest BCUT2D eigenvalue weighted by Gasteiger charge is 2.21. The van der Waals surface area contributed by atoms with Gasteiger partial charge in [0.25, 0.3) is 0 Å². The maximum atomic E-state index is 13.3. The van der Waals surface area contributed by atoms with Gasteiger partial charge in [-0.1, -0.05) is 0 Å². The van der Waals surface area contributed by atoms with Crippen molar-refractivity contribution in [1.82, 2.24) is 0 Å². The fraction of sp³-hybridized carbons (Fsp3) is 0.333. The molecule has 0 bridgehead atoms. The Morgan fingerprint density at radius 1 is 1.32 bits per heavy atom. The normalized spacial score (nSPS) is 11.3. The maximum Gasteiger partial charge on any atom is 0.307 e. The molecule has 0 unspecified atom stereocenters. The number of alkyl halides is 1. The maximum absolute atomic E-state index is 13.3. The van der Waals surface area contributed by atoms with Crippen LogP contribution in [0, 0.1) is 21.7 Å². The van der Waals surface area contributed by atoms with E-state index in [2.05, 4.69) is 0 Å². The fourth-order valence-electron chi connectivity index (χ4n) is 1.22. The number of nitro groups is 1. The summed E-state index contributed by atoms with van der Waals surface area (Å²) < 4.78 is 51.1. The van der Waals surface area contributed by atoms with Gasteiger partial charge in [-0.2, -0.15) is 4.39 Å². The molecule has 19 heavy (non-hydrogen) atoms. The van der Waals surface area contributed by atoms with Crippen molar-refractivity contribution in [3.63, 3.8) is 0 Å². The Bertz CT molecular complexity index is 594. The van der Waals surface area contributed by atoms with Gasteiger partial charge in [-0.15, -0.1) is 11.6 Å². The van der Waals surface area contributed by atoms with Crippen molar-refractivity contribution in [2.75, 3.05) is 16.4 Å². The molecular weight excluding hydrogens is 306 g/mol. The van der Waals surface area contributed by atoms with E-state index in [1.807, 2.05) is 4.72 Å². The minimum Gasteiger partial charge on any atom is -0.280 e. The van der Waals surface area contributed by atoms with E-state index in [1.54, 1.807) is 0 Å².